The van der Waals surface area contributed by atoms with E-state index in [-0.39, 0.29) is 6.04 Å². The fourth-order valence-corrected chi connectivity index (χ4v) is 2.45. The Bertz CT molecular complexity index is 529. The van der Waals surface area contributed by atoms with Gasteiger partial charge in [0.05, 0.1) is 6.04 Å². The minimum atomic E-state index is 0.284. The Kier molecular flexibility index (Phi) is 4.25. The molecule has 18 heavy (non-hydrogen) atoms. The first kappa shape index (κ1) is 13.4. The van der Waals surface area contributed by atoms with E-state index >= 15 is 0 Å². The molecular formula is C15H18BrNO. The molecule has 1 atom stereocenters. The van der Waals surface area contributed by atoms with Gasteiger partial charge in [-0.3, -0.25) is 0 Å². The van der Waals surface area contributed by atoms with Gasteiger partial charge in [0.25, 0.3) is 0 Å². The van der Waals surface area contributed by atoms with Gasteiger partial charge in [0.1, 0.15) is 11.5 Å². The van der Waals surface area contributed by atoms with Crippen LogP contribution in [0.3, 0.4) is 0 Å². The number of furan rings is 1. The van der Waals surface area contributed by atoms with Gasteiger partial charge in [0.2, 0.25) is 0 Å². The topological polar surface area (TPSA) is 25.2 Å². The zero-order valence-electron chi connectivity index (χ0n) is 11.0. The van der Waals surface area contributed by atoms with E-state index in [0.29, 0.717) is 0 Å². The molecule has 2 aromatic rings. The second kappa shape index (κ2) is 5.72. The zero-order valence-corrected chi connectivity index (χ0v) is 12.5. The van der Waals surface area contributed by atoms with Crippen LogP contribution in [-0.4, -0.2) is 7.05 Å². The molecule has 0 aliphatic rings. The molecule has 0 aliphatic heterocycles. The summed E-state index contributed by atoms with van der Waals surface area (Å²) in [5.41, 5.74) is 2.36. The molecule has 0 radical (unpaired) electrons. The Hall–Kier alpha value is -1.06. The number of nitrogens with one attached hydrogen (secondary N) is 1. The van der Waals surface area contributed by atoms with Crippen molar-refractivity contribution in [2.75, 3.05) is 7.05 Å². The van der Waals surface area contributed by atoms with Crippen LogP contribution in [0.2, 0.25) is 0 Å². The SMILES string of the molecule is CCC(NC)c1ccc(-c2cc(Br)ccc2C)o1. The molecule has 0 aliphatic carbocycles. The summed E-state index contributed by atoms with van der Waals surface area (Å²) in [5.74, 6) is 1.92. The number of hydrogen-bond donors (Lipinski definition) is 1. The Morgan fingerprint density at radius 1 is 1.28 bits per heavy atom. The Morgan fingerprint density at radius 3 is 2.72 bits per heavy atom. The lowest BCUT2D eigenvalue weighted by Gasteiger charge is -2.10. The average Bonchev–Trinajstić information content (AvgIpc) is 2.83. The van der Waals surface area contributed by atoms with Crippen LogP contribution < -0.4 is 5.32 Å². The fourth-order valence-electron chi connectivity index (χ4n) is 2.09. The average molecular weight is 308 g/mol. The molecule has 0 saturated heterocycles. The lowest BCUT2D eigenvalue weighted by Crippen LogP contribution is -2.14. The Morgan fingerprint density at radius 2 is 2.06 bits per heavy atom. The van der Waals surface area contributed by atoms with Crippen LogP contribution in [0.25, 0.3) is 11.3 Å². The predicted molar refractivity (Wildman–Crippen MR) is 78.7 cm³/mol. The fraction of sp³-hybridized carbons (Fsp3) is 0.333. The normalized spacial score (nSPS) is 12.7. The molecule has 1 aromatic carbocycles. The third kappa shape index (κ3) is 2.68. The second-order valence-corrected chi connectivity index (χ2v) is 5.33. The maximum Gasteiger partial charge on any atom is 0.134 e. The molecule has 3 heteroatoms. The van der Waals surface area contributed by atoms with Crippen LogP contribution in [-0.2, 0) is 0 Å². The first-order valence-electron chi connectivity index (χ1n) is 6.19. The predicted octanol–water partition coefficient (Wildman–Crippen LogP) is 4.69. The molecule has 0 amide bonds. The quantitative estimate of drug-likeness (QED) is 0.886. The van der Waals surface area contributed by atoms with E-state index in [1.807, 2.05) is 19.2 Å². The smallest absolute Gasteiger partial charge is 0.134 e. The van der Waals surface area contributed by atoms with Crippen molar-refractivity contribution in [1.82, 2.24) is 5.32 Å². The highest BCUT2D eigenvalue weighted by atomic mass is 79.9. The van der Waals surface area contributed by atoms with Gasteiger partial charge in [-0.1, -0.05) is 28.9 Å². The van der Waals surface area contributed by atoms with E-state index in [1.54, 1.807) is 0 Å². The van der Waals surface area contributed by atoms with Crippen LogP contribution in [0, 0.1) is 6.92 Å². The van der Waals surface area contributed by atoms with Crippen LogP contribution in [0.4, 0.5) is 0 Å². The third-order valence-corrected chi connectivity index (χ3v) is 3.69. The third-order valence-electron chi connectivity index (χ3n) is 3.19. The van der Waals surface area contributed by atoms with Crippen molar-refractivity contribution in [2.45, 2.75) is 26.3 Å². The van der Waals surface area contributed by atoms with E-state index in [1.165, 1.54) is 5.56 Å². The van der Waals surface area contributed by atoms with Gasteiger partial charge >= 0.3 is 0 Å². The number of benzene rings is 1. The molecule has 0 spiro atoms. The van der Waals surface area contributed by atoms with Gasteiger partial charge in [0, 0.05) is 10.0 Å². The van der Waals surface area contributed by atoms with E-state index in [9.17, 15) is 0 Å². The monoisotopic (exact) mass is 307 g/mol. The highest BCUT2D eigenvalue weighted by molar-refractivity contribution is 9.10. The molecule has 1 unspecified atom stereocenters. The van der Waals surface area contributed by atoms with E-state index in [4.69, 9.17) is 4.42 Å². The van der Waals surface area contributed by atoms with Crippen molar-refractivity contribution in [2.24, 2.45) is 0 Å². The standard InChI is InChI=1S/C15H18BrNO/c1-4-13(17-3)15-8-7-14(18-15)12-9-11(16)6-5-10(12)2/h5-9,13,17H,4H2,1-3H3. The van der Waals surface area contributed by atoms with Gasteiger partial charge < -0.3 is 9.73 Å². The summed E-state index contributed by atoms with van der Waals surface area (Å²) in [6.45, 7) is 4.24. The summed E-state index contributed by atoms with van der Waals surface area (Å²) >= 11 is 3.50. The van der Waals surface area contributed by atoms with Crippen molar-refractivity contribution >= 4 is 15.9 Å². The van der Waals surface area contributed by atoms with Crippen LogP contribution in [0.15, 0.2) is 39.2 Å². The maximum atomic E-state index is 5.97. The van der Waals surface area contributed by atoms with Gasteiger partial charge in [-0.2, -0.15) is 0 Å². The number of rotatable bonds is 4. The van der Waals surface area contributed by atoms with Gasteiger partial charge in [-0.05, 0) is 50.2 Å². The van der Waals surface area contributed by atoms with Gasteiger partial charge in [-0.15, -0.1) is 0 Å². The summed E-state index contributed by atoms with van der Waals surface area (Å²) in [6, 6.07) is 10.6. The largest absolute Gasteiger partial charge is 0.459 e. The molecule has 1 N–H and O–H groups in total. The summed E-state index contributed by atoms with van der Waals surface area (Å²) in [6.07, 6.45) is 1.01. The lowest BCUT2D eigenvalue weighted by molar-refractivity contribution is 0.431. The molecule has 2 nitrogen and oxygen atoms in total. The summed E-state index contributed by atoms with van der Waals surface area (Å²) in [5, 5.41) is 3.26. The van der Waals surface area contributed by atoms with Crippen molar-refractivity contribution in [3.8, 4) is 11.3 Å². The molecule has 2 rings (SSSR count). The Labute approximate surface area is 117 Å². The zero-order chi connectivity index (χ0) is 13.1. The van der Waals surface area contributed by atoms with Crippen molar-refractivity contribution in [3.63, 3.8) is 0 Å². The molecule has 96 valence electrons. The first-order valence-corrected chi connectivity index (χ1v) is 6.98. The van der Waals surface area contributed by atoms with Crippen LogP contribution in [0.1, 0.15) is 30.7 Å². The number of halogens is 1. The molecule has 1 aromatic heterocycles. The molecule has 0 fully saturated rings. The Balaban J connectivity index is 2.37. The molecule has 1 heterocycles. The van der Waals surface area contributed by atoms with Crippen molar-refractivity contribution < 1.29 is 4.42 Å². The van der Waals surface area contributed by atoms with E-state index in [0.717, 1.165) is 28.0 Å². The van der Waals surface area contributed by atoms with E-state index < -0.39 is 0 Å². The van der Waals surface area contributed by atoms with Crippen molar-refractivity contribution in [1.29, 1.82) is 0 Å². The molecule has 0 bridgehead atoms. The second-order valence-electron chi connectivity index (χ2n) is 4.41. The van der Waals surface area contributed by atoms with Crippen LogP contribution >= 0.6 is 15.9 Å². The van der Waals surface area contributed by atoms with Crippen LogP contribution in [0.5, 0.6) is 0 Å². The van der Waals surface area contributed by atoms with E-state index in [2.05, 4.69) is 53.3 Å². The number of hydrogen-bond acceptors (Lipinski definition) is 2. The summed E-state index contributed by atoms with van der Waals surface area (Å²) in [4.78, 5) is 0. The van der Waals surface area contributed by atoms with Gasteiger partial charge in [-0.25, -0.2) is 0 Å². The molecule has 0 saturated carbocycles. The lowest BCUT2D eigenvalue weighted by atomic mass is 10.1. The van der Waals surface area contributed by atoms with Crippen molar-refractivity contribution in [3.05, 3.63) is 46.1 Å². The summed E-state index contributed by atoms with van der Waals surface area (Å²) < 4.78 is 7.04. The maximum absolute atomic E-state index is 5.97. The highest BCUT2D eigenvalue weighted by Crippen LogP contribution is 2.30. The first-order chi connectivity index (χ1) is 8.65. The summed E-state index contributed by atoms with van der Waals surface area (Å²) in [7, 11) is 1.96. The van der Waals surface area contributed by atoms with Gasteiger partial charge in [0.15, 0.2) is 0 Å². The highest BCUT2D eigenvalue weighted by Gasteiger charge is 2.13. The number of aryl methyl sites for hydroxylation is 1. The minimum absolute atomic E-state index is 0.284. The molecular weight excluding hydrogens is 290 g/mol. The minimum Gasteiger partial charge on any atom is -0.459 e.